The molecule has 0 spiro atoms. The number of benzene rings is 2. The van der Waals surface area contributed by atoms with Crippen LogP contribution in [-0.4, -0.2) is 38.0 Å². The number of rotatable bonds is 8. The van der Waals surface area contributed by atoms with Crippen molar-refractivity contribution in [2.75, 3.05) is 19.3 Å². The molecule has 0 heterocycles. The van der Waals surface area contributed by atoms with E-state index >= 15 is 0 Å². The Morgan fingerprint density at radius 3 is 2.35 bits per heavy atom. The fourth-order valence-corrected chi connectivity index (χ4v) is 3.09. The minimum atomic E-state index is -3.61. The number of carbonyl (C=O) groups is 1. The Balaban J connectivity index is 1.93. The van der Waals surface area contributed by atoms with Gasteiger partial charge in [-0.1, -0.05) is 30.3 Å². The number of nitrogens with zero attached hydrogens (tertiary/aromatic N) is 1. The Hall–Kier alpha value is -2.32. The predicted molar refractivity (Wildman–Crippen MR) is 94.8 cm³/mol. The summed E-state index contributed by atoms with van der Waals surface area (Å²) in [6.07, 6.45) is 1.36. The molecule has 0 aromatic heterocycles. The lowest BCUT2D eigenvalue weighted by molar-refractivity contribution is -0.121. The molecule has 2 aromatic rings. The highest BCUT2D eigenvalue weighted by molar-refractivity contribution is 7.88. The van der Waals surface area contributed by atoms with E-state index in [1.165, 1.54) is 18.2 Å². The lowest BCUT2D eigenvalue weighted by atomic mass is 10.1. The van der Waals surface area contributed by atoms with Crippen molar-refractivity contribution in [3.63, 3.8) is 0 Å². The van der Waals surface area contributed by atoms with Crippen LogP contribution < -0.4 is 5.32 Å². The molecule has 0 aliphatic carbocycles. The average molecular weight is 382 g/mol. The van der Waals surface area contributed by atoms with Crippen LogP contribution in [0.3, 0.4) is 0 Å². The number of carbonyl (C=O) groups excluding carboxylic acids is 1. The van der Waals surface area contributed by atoms with E-state index in [9.17, 15) is 22.0 Å². The van der Waals surface area contributed by atoms with Gasteiger partial charge in [-0.15, -0.1) is 0 Å². The molecule has 0 bridgehead atoms. The highest BCUT2D eigenvalue weighted by Crippen LogP contribution is 2.08. The van der Waals surface area contributed by atoms with E-state index in [-0.39, 0.29) is 25.5 Å². The summed E-state index contributed by atoms with van der Waals surface area (Å²) < 4.78 is 51.3. The lowest BCUT2D eigenvalue weighted by Crippen LogP contribution is -2.41. The quantitative estimate of drug-likeness (QED) is 0.760. The third-order valence-corrected chi connectivity index (χ3v) is 5.04. The summed E-state index contributed by atoms with van der Waals surface area (Å²) in [6, 6.07) is 11.7. The van der Waals surface area contributed by atoms with E-state index in [2.05, 4.69) is 5.32 Å². The van der Waals surface area contributed by atoms with E-state index in [0.29, 0.717) is 12.0 Å². The van der Waals surface area contributed by atoms with Crippen molar-refractivity contribution >= 4 is 15.9 Å². The van der Waals surface area contributed by atoms with Gasteiger partial charge in [-0.25, -0.2) is 17.2 Å². The Morgan fingerprint density at radius 1 is 1.08 bits per heavy atom. The second-order valence-corrected chi connectivity index (χ2v) is 7.82. The van der Waals surface area contributed by atoms with Crippen molar-refractivity contribution in [1.82, 2.24) is 9.62 Å². The fourth-order valence-electron chi connectivity index (χ4n) is 2.32. The zero-order valence-electron chi connectivity index (χ0n) is 14.3. The van der Waals surface area contributed by atoms with Gasteiger partial charge in [-0.3, -0.25) is 4.79 Å². The topological polar surface area (TPSA) is 66.5 Å². The molecule has 0 aliphatic rings. The molecular weight excluding hydrogens is 362 g/mol. The van der Waals surface area contributed by atoms with Gasteiger partial charge in [0.05, 0.1) is 12.8 Å². The first kappa shape index (κ1) is 20.0. The van der Waals surface area contributed by atoms with Gasteiger partial charge >= 0.3 is 0 Å². The Labute approximate surface area is 151 Å². The van der Waals surface area contributed by atoms with Crippen molar-refractivity contribution in [3.05, 3.63) is 71.3 Å². The normalized spacial score (nSPS) is 11.5. The van der Waals surface area contributed by atoms with Crippen LogP contribution >= 0.6 is 0 Å². The minimum absolute atomic E-state index is 0.0267. The Morgan fingerprint density at radius 2 is 1.73 bits per heavy atom. The first-order chi connectivity index (χ1) is 12.3. The summed E-state index contributed by atoms with van der Waals surface area (Å²) in [5.41, 5.74) is 1.07. The summed E-state index contributed by atoms with van der Waals surface area (Å²) in [6.45, 7) is -0.312. The molecular formula is C18H20F2N2O3S. The molecule has 5 nitrogen and oxygen atoms in total. The smallest absolute Gasteiger partial charge is 0.235 e. The van der Waals surface area contributed by atoms with E-state index < -0.39 is 21.7 Å². The molecule has 0 saturated heterocycles. The van der Waals surface area contributed by atoms with Crippen molar-refractivity contribution in [2.24, 2.45) is 0 Å². The fraction of sp³-hybridized carbons (Fsp3) is 0.278. The van der Waals surface area contributed by atoms with Crippen LogP contribution in [0.15, 0.2) is 48.5 Å². The third kappa shape index (κ3) is 6.20. The first-order valence-electron chi connectivity index (χ1n) is 7.95. The number of hydrogen-bond acceptors (Lipinski definition) is 3. The zero-order valence-corrected chi connectivity index (χ0v) is 15.1. The molecule has 0 fully saturated rings. The van der Waals surface area contributed by atoms with Gasteiger partial charge in [0.25, 0.3) is 0 Å². The largest absolute Gasteiger partial charge is 0.351 e. The summed E-state index contributed by atoms with van der Waals surface area (Å²) in [4.78, 5) is 12.1. The van der Waals surface area contributed by atoms with Crippen LogP contribution in [0.4, 0.5) is 8.78 Å². The molecule has 0 atom stereocenters. The molecule has 0 unspecified atom stereocenters. The molecule has 1 amide bonds. The number of amides is 1. The van der Waals surface area contributed by atoms with Crippen LogP contribution in [-0.2, 0) is 27.8 Å². The number of halogens is 2. The molecule has 8 heteroatoms. The number of sulfonamides is 1. The predicted octanol–water partition coefficient (Wildman–Crippen LogP) is 2.09. The molecule has 26 heavy (non-hydrogen) atoms. The van der Waals surface area contributed by atoms with Crippen LogP contribution in [0, 0.1) is 11.6 Å². The molecule has 2 aromatic carbocycles. The SMILES string of the molecule is CS(=O)(=O)N(CCc1ccc(F)cc1)CC(=O)NCc1ccccc1F. The van der Waals surface area contributed by atoms with Gasteiger partial charge < -0.3 is 5.32 Å². The van der Waals surface area contributed by atoms with Gasteiger partial charge in [0.1, 0.15) is 11.6 Å². The molecule has 0 saturated carbocycles. The summed E-state index contributed by atoms with van der Waals surface area (Å²) in [7, 11) is -3.61. The zero-order chi connectivity index (χ0) is 19.2. The van der Waals surface area contributed by atoms with Gasteiger partial charge in [-0.05, 0) is 30.2 Å². The monoisotopic (exact) mass is 382 g/mol. The molecule has 1 N–H and O–H groups in total. The van der Waals surface area contributed by atoms with Crippen molar-refractivity contribution in [1.29, 1.82) is 0 Å². The highest BCUT2D eigenvalue weighted by Gasteiger charge is 2.20. The highest BCUT2D eigenvalue weighted by atomic mass is 32.2. The molecule has 2 rings (SSSR count). The second-order valence-electron chi connectivity index (χ2n) is 5.84. The summed E-state index contributed by atoms with van der Waals surface area (Å²) in [5, 5.41) is 2.51. The average Bonchev–Trinajstić information content (AvgIpc) is 2.58. The van der Waals surface area contributed by atoms with Crippen molar-refractivity contribution in [2.45, 2.75) is 13.0 Å². The van der Waals surface area contributed by atoms with E-state index in [1.807, 2.05) is 0 Å². The van der Waals surface area contributed by atoms with Crippen LogP contribution in [0.5, 0.6) is 0 Å². The number of hydrogen-bond donors (Lipinski definition) is 1. The first-order valence-corrected chi connectivity index (χ1v) is 9.80. The van der Waals surface area contributed by atoms with Crippen LogP contribution in [0.2, 0.25) is 0 Å². The van der Waals surface area contributed by atoms with Crippen LogP contribution in [0.25, 0.3) is 0 Å². The summed E-state index contributed by atoms with van der Waals surface area (Å²) in [5.74, 6) is -1.34. The van der Waals surface area contributed by atoms with E-state index in [4.69, 9.17) is 0 Å². The van der Waals surface area contributed by atoms with E-state index in [1.54, 1.807) is 30.3 Å². The molecule has 0 radical (unpaired) electrons. The summed E-state index contributed by atoms with van der Waals surface area (Å²) >= 11 is 0. The second kappa shape index (κ2) is 8.86. The maximum Gasteiger partial charge on any atom is 0.235 e. The molecule has 140 valence electrons. The van der Waals surface area contributed by atoms with E-state index in [0.717, 1.165) is 16.1 Å². The molecule has 0 aliphatic heterocycles. The van der Waals surface area contributed by atoms with Crippen molar-refractivity contribution < 1.29 is 22.0 Å². The van der Waals surface area contributed by atoms with Crippen LogP contribution in [0.1, 0.15) is 11.1 Å². The third-order valence-electron chi connectivity index (χ3n) is 3.79. The van der Waals surface area contributed by atoms with Gasteiger partial charge in [0, 0.05) is 18.7 Å². The standard InChI is InChI=1S/C18H20F2N2O3S/c1-26(24,25)22(11-10-14-6-8-16(19)9-7-14)13-18(23)21-12-15-4-2-3-5-17(15)20/h2-9H,10-13H2,1H3,(H,21,23). The minimum Gasteiger partial charge on any atom is -0.351 e. The Bertz CT molecular complexity index is 855. The Kier molecular flexibility index (Phi) is 6.82. The van der Waals surface area contributed by atoms with Crippen molar-refractivity contribution in [3.8, 4) is 0 Å². The van der Waals surface area contributed by atoms with Gasteiger partial charge in [0.2, 0.25) is 15.9 Å². The van der Waals surface area contributed by atoms with Gasteiger partial charge in [-0.2, -0.15) is 4.31 Å². The maximum absolute atomic E-state index is 13.5. The maximum atomic E-state index is 13.5. The number of nitrogens with one attached hydrogen (secondary N) is 1. The lowest BCUT2D eigenvalue weighted by Gasteiger charge is -2.19. The van der Waals surface area contributed by atoms with Gasteiger partial charge in [0.15, 0.2) is 0 Å².